The predicted molar refractivity (Wildman–Crippen MR) is 99.5 cm³/mol. The highest BCUT2D eigenvalue weighted by Gasteiger charge is 2.19. The van der Waals surface area contributed by atoms with Gasteiger partial charge in [0, 0.05) is 5.56 Å². The normalized spacial score (nSPS) is 17.2. The molecule has 0 unspecified atom stereocenters. The molecule has 1 aliphatic rings. The third-order valence-electron chi connectivity index (χ3n) is 3.68. The summed E-state index contributed by atoms with van der Waals surface area (Å²) in [7, 11) is 0. The summed E-state index contributed by atoms with van der Waals surface area (Å²) in [5, 5.41) is 18.8. The van der Waals surface area contributed by atoms with E-state index in [1.54, 1.807) is 12.2 Å². The summed E-state index contributed by atoms with van der Waals surface area (Å²) in [6.07, 6.45) is 10.5. The van der Waals surface area contributed by atoms with Gasteiger partial charge in [-0.1, -0.05) is 55.8 Å². The van der Waals surface area contributed by atoms with E-state index in [0.29, 0.717) is 11.5 Å². The van der Waals surface area contributed by atoms with Crippen LogP contribution in [-0.4, -0.2) is 10.2 Å². The standard InChI is InChI=1S/C11H16O.C10H12O/c1-4-10(12)9-6-5-7-11(2,3)8-9;1-3-10(11)9-6-4-5-8(2)7-9/h4-7,12H,8H2,1-3H3;3-7,11H,1-2H3. The Morgan fingerprint density at radius 2 is 1.74 bits per heavy atom. The van der Waals surface area contributed by atoms with Gasteiger partial charge in [-0.2, -0.15) is 0 Å². The number of allylic oxidation sites excluding steroid dienone is 6. The SMILES string of the molecule is CC=C(O)C1=CC=CC(C)(C)C1.CC=C(O)c1cccc(C)c1. The van der Waals surface area contributed by atoms with Crippen LogP contribution in [0.3, 0.4) is 0 Å². The third kappa shape index (κ3) is 6.19. The maximum absolute atomic E-state index is 9.47. The molecule has 2 nitrogen and oxygen atoms in total. The summed E-state index contributed by atoms with van der Waals surface area (Å²) in [5.74, 6) is 0.751. The van der Waals surface area contributed by atoms with Crippen LogP contribution in [0.4, 0.5) is 0 Å². The molecule has 0 saturated carbocycles. The first-order valence-corrected chi connectivity index (χ1v) is 7.95. The molecule has 2 heteroatoms. The van der Waals surface area contributed by atoms with Crippen LogP contribution in [-0.2, 0) is 0 Å². The van der Waals surface area contributed by atoms with Crippen molar-refractivity contribution in [3.63, 3.8) is 0 Å². The average Bonchev–Trinajstić information content (AvgIpc) is 2.53. The second kappa shape index (κ2) is 8.42. The monoisotopic (exact) mass is 312 g/mol. The first-order valence-electron chi connectivity index (χ1n) is 7.95. The van der Waals surface area contributed by atoms with Crippen molar-refractivity contribution in [3.05, 3.63) is 77.1 Å². The number of hydrogen-bond donors (Lipinski definition) is 2. The summed E-state index contributed by atoms with van der Waals surface area (Å²) in [4.78, 5) is 0. The Morgan fingerprint density at radius 3 is 2.26 bits per heavy atom. The number of aryl methyl sites for hydroxylation is 1. The quantitative estimate of drug-likeness (QED) is 0.631. The molecular formula is C21H28O2. The van der Waals surface area contributed by atoms with Gasteiger partial charge in [-0.3, -0.25) is 0 Å². The van der Waals surface area contributed by atoms with E-state index in [4.69, 9.17) is 0 Å². The molecule has 0 amide bonds. The van der Waals surface area contributed by atoms with Crippen LogP contribution in [0.2, 0.25) is 0 Å². The van der Waals surface area contributed by atoms with Crippen LogP contribution in [0.25, 0.3) is 5.76 Å². The van der Waals surface area contributed by atoms with E-state index >= 15 is 0 Å². The fraction of sp³-hybridized carbons (Fsp3) is 0.333. The third-order valence-corrected chi connectivity index (χ3v) is 3.68. The fourth-order valence-electron chi connectivity index (χ4n) is 2.37. The Balaban J connectivity index is 0.000000231. The predicted octanol–water partition coefficient (Wildman–Crippen LogP) is 6.27. The molecule has 0 fully saturated rings. The first kappa shape index (κ1) is 18.8. The Hall–Kier alpha value is -2.22. The van der Waals surface area contributed by atoms with Crippen molar-refractivity contribution in [1.82, 2.24) is 0 Å². The van der Waals surface area contributed by atoms with Gasteiger partial charge in [0.1, 0.15) is 11.5 Å². The van der Waals surface area contributed by atoms with E-state index in [9.17, 15) is 10.2 Å². The highest BCUT2D eigenvalue weighted by atomic mass is 16.3. The van der Waals surface area contributed by atoms with Crippen molar-refractivity contribution in [2.45, 2.75) is 41.0 Å². The topological polar surface area (TPSA) is 40.5 Å². The molecule has 0 saturated heterocycles. The van der Waals surface area contributed by atoms with Gasteiger partial charge in [-0.15, -0.1) is 0 Å². The maximum Gasteiger partial charge on any atom is 0.118 e. The molecule has 2 rings (SSSR count). The van der Waals surface area contributed by atoms with Gasteiger partial charge in [-0.05, 0) is 56.4 Å². The van der Waals surface area contributed by atoms with E-state index in [-0.39, 0.29) is 5.41 Å². The summed E-state index contributed by atoms with van der Waals surface area (Å²) in [5.41, 5.74) is 3.26. The van der Waals surface area contributed by atoms with Gasteiger partial charge in [0.05, 0.1) is 0 Å². The molecule has 0 heterocycles. The zero-order valence-corrected chi connectivity index (χ0v) is 14.8. The number of benzene rings is 1. The first-order chi connectivity index (χ1) is 10.8. The molecule has 1 aliphatic carbocycles. The Bertz CT molecular complexity index is 644. The molecule has 0 bridgehead atoms. The highest BCUT2D eigenvalue weighted by molar-refractivity contribution is 5.58. The van der Waals surface area contributed by atoms with Crippen LogP contribution < -0.4 is 0 Å². The van der Waals surface area contributed by atoms with Gasteiger partial charge in [0.25, 0.3) is 0 Å². The van der Waals surface area contributed by atoms with Crippen LogP contribution in [0.5, 0.6) is 0 Å². The Morgan fingerprint density at radius 1 is 1.09 bits per heavy atom. The lowest BCUT2D eigenvalue weighted by Gasteiger charge is -2.24. The van der Waals surface area contributed by atoms with Crippen molar-refractivity contribution in [2.24, 2.45) is 5.41 Å². The number of hydrogen-bond acceptors (Lipinski definition) is 2. The molecule has 1 aromatic carbocycles. The largest absolute Gasteiger partial charge is 0.508 e. The number of rotatable bonds is 2. The smallest absolute Gasteiger partial charge is 0.118 e. The van der Waals surface area contributed by atoms with Crippen LogP contribution in [0.1, 0.15) is 45.2 Å². The second-order valence-corrected chi connectivity index (χ2v) is 6.43. The molecule has 0 spiro atoms. The zero-order valence-electron chi connectivity index (χ0n) is 14.8. The lowest BCUT2D eigenvalue weighted by Crippen LogP contribution is -2.12. The zero-order chi connectivity index (χ0) is 17.5. The van der Waals surface area contributed by atoms with Gasteiger partial charge in [0.2, 0.25) is 0 Å². The van der Waals surface area contributed by atoms with Crippen LogP contribution in [0, 0.1) is 12.3 Å². The maximum atomic E-state index is 9.47. The molecular weight excluding hydrogens is 284 g/mol. The van der Waals surface area contributed by atoms with Gasteiger partial charge in [0.15, 0.2) is 0 Å². The van der Waals surface area contributed by atoms with Crippen molar-refractivity contribution in [1.29, 1.82) is 0 Å². The molecule has 0 aliphatic heterocycles. The van der Waals surface area contributed by atoms with Crippen molar-refractivity contribution < 1.29 is 10.2 Å². The van der Waals surface area contributed by atoms with E-state index in [1.807, 2.05) is 57.2 Å². The number of aliphatic hydroxyl groups is 2. The molecule has 2 N–H and O–H groups in total. The summed E-state index contributed by atoms with van der Waals surface area (Å²) >= 11 is 0. The lowest BCUT2D eigenvalue weighted by molar-refractivity contribution is 0.391. The minimum Gasteiger partial charge on any atom is -0.508 e. The highest BCUT2D eigenvalue weighted by Crippen LogP contribution is 2.32. The van der Waals surface area contributed by atoms with Gasteiger partial charge in [-0.25, -0.2) is 0 Å². The number of aliphatic hydroxyl groups excluding tert-OH is 2. The second-order valence-electron chi connectivity index (χ2n) is 6.43. The minimum absolute atomic E-state index is 0.182. The van der Waals surface area contributed by atoms with Crippen molar-refractivity contribution in [2.75, 3.05) is 0 Å². The van der Waals surface area contributed by atoms with Gasteiger partial charge >= 0.3 is 0 Å². The average molecular weight is 312 g/mol. The molecule has 0 atom stereocenters. The lowest BCUT2D eigenvalue weighted by atomic mass is 9.81. The Kier molecular flexibility index (Phi) is 6.89. The van der Waals surface area contributed by atoms with E-state index in [1.165, 1.54) is 0 Å². The Labute approximate surface area is 140 Å². The van der Waals surface area contributed by atoms with Crippen molar-refractivity contribution in [3.8, 4) is 0 Å². The summed E-state index contributed by atoms with van der Waals surface area (Å²) in [6, 6.07) is 7.79. The fourth-order valence-corrected chi connectivity index (χ4v) is 2.37. The summed E-state index contributed by atoms with van der Waals surface area (Å²) < 4.78 is 0. The molecule has 23 heavy (non-hydrogen) atoms. The molecule has 1 aromatic rings. The van der Waals surface area contributed by atoms with E-state index in [2.05, 4.69) is 19.9 Å². The van der Waals surface area contributed by atoms with E-state index in [0.717, 1.165) is 23.1 Å². The molecule has 0 aromatic heterocycles. The molecule has 0 radical (unpaired) electrons. The minimum atomic E-state index is 0.182. The summed E-state index contributed by atoms with van der Waals surface area (Å²) in [6.45, 7) is 10.0. The molecule has 124 valence electrons. The van der Waals surface area contributed by atoms with E-state index < -0.39 is 0 Å². The van der Waals surface area contributed by atoms with Crippen LogP contribution >= 0.6 is 0 Å². The van der Waals surface area contributed by atoms with Crippen molar-refractivity contribution >= 4 is 5.76 Å². The van der Waals surface area contributed by atoms with Crippen LogP contribution in [0.15, 0.2) is 66.0 Å². The van der Waals surface area contributed by atoms with Gasteiger partial charge < -0.3 is 10.2 Å².